The number of carbonyl (C=O) groups excluding carboxylic acids is 1. The second kappa shape index (κ2) is 7.91. The van der Waals surface area contributed by atoms with Gasteiger partial charge >= 0.3 is 0 Å². The van der Waals surface area contributed by atoms with Crippen molar-refractivity contribution < 1.29 is 9.00 Å². The fourth-order valence-electron chi connectivity index (χ4n) is 2.24. The molecule has 0 aliphatic rings. The zero-order chi connectivity index (χ0) is 17.8. The zero-order valence-electron chi connectivity index (χ0n) is 13.4. The van der Waals surface area contributed by atoms with Crippen molar-refractivity contribution in [2.24, 2.45) is 0 Å². The number of rotatable bonds is 5. The monoisotopic (exact) mass is 390 g/mol. The maximum atomic E-state index is 12.3. The lowest BCUT2D eigenvalue weighted by molar-refractivity contribution is 0.102. The summed E-state index contributed by atoms with van der Waals surface area (Å²) in [6.07, 6.45) is 4.02. The summed E-state index contributed by atoms with van der Waals surface area (Å²) in [5, 5.41) is 4.04. The summed E-state index contributed by atoms with van der Waals surface area (Å²) in [6, 6.07) is 14.4. The van der Waals surface area contributed by atoms with Crippen molar-refractivity contribution in [1.82, 2.24) is 4.98 Å². The van der Waals surface area contributed by atoms with Gasteiger partial charge in [0.15, 0.2) is 5.13 Å². The number of halogens is 1. The fraction of sp³-hybridized carbons (Fsp3) is 0.111. The van der Waals surface area contributed by atoms with E-state index in [1.54, 1.807) is 36.7 Å². The van der Waals surface area contributed by atoms with Gasteiger partial charge in [-0.3, -0.25) is 14.3 Å². The molecule has 4 nitrogen and oxygen atoms in total. The quantitative estimate of drug-likeness (QED) is 0.703. The van der Waals surface area contributed by atoms with E-state index in [0.29, 0.717) is 22.0 Å². The van der Waals surface area contributed by atoms with Gasteiger partial charge in [-0.15, -0.1) is 11.3 Å². The van der Waals surface area contributed by atoms with Crippen molar-refractivity contribution in [2.75, 3.05) is 11.6 Å². The first-order chi connectivity index (χ1) is 12.0. The Morgan fingerprint density at radius 3 is 2.60 bits per heavy atom. The van der Waals surface area contributed by atoms with E-state index in [1.807, 2.05) is 24.3 Å². The SMILES string of the molecule is CS(=O)c1ccc(C(=O)Nc2ncc(Cc3ccccc3Cl)s2)cc1. The van der Waals surface area contributed by atoms with Gasteiger partial charge in [0, 0.05) is 50.0 Å². The third-order valence-electron chi connectivity index (χ3n) is 3.54. The van der Waals surface area contributed by atoms with Gasteiger partial charge in [-0.05, 0) is 35.9 Å². The molecule has 0 saturated carbocycles. The molecule has 0 radical (unpaired) electrons. The Kier molecular flexibility index (Phi) is 5.63. The van der Waals surface area contributed by atoms with Crippen LogP contribution in [0.15, 0.2) is 59.6 Å². The van der Waals surface area contributed by atoms with Gasteiger partial charge in [-0.2, -0.15) is 0 Å². The van der Waals surface area contributed by atoms with Crippen LogP contribution in [0.4, 0.5) is 5.13 Å². The number of nitrogens with one attached hydrogen (secondary N) is 1. The number of nitrogens with zero attached hydrogens (tertiary/aromatic N) is 1. The highest BCUT2D eigenvalue weighted by atomic mass is 35.5. The molecule has 0 saturated heterocycles. The van der Waals surface area contributed by atoms with Crippen molar-refractivity contribution in [3.63, 3.8) is 0 Å². The van der Waals surface area contributed by atoms with E-state index in [9.17, 15) is 9.00 Å². The molecule has 3 aromatic rings. The summed E-state index contributed by atoms with van der Waals surface area (Å²) in [6.45, 7) is 0. The van der Waals surface area contributed by atoms with Crippen molar-refractivity contribution in [3.05, 3.63) is 75.8 Å². The summed E-state index contributed by atoms with van der Waals surface area (Å²) in [4.78, 5) is 18.2. The van der Waals surface area contributed by atoms with Crippen molar-refractivity contribution >= 4 is 44.8 Å². The average Bonchev–Trinajstić information content (AvgIpc) is 3.04. The minimum Gasteiger partial charge on any atom is -0.298 e. The standard InChI is InChI=1S/C18H15ClN2O2S2/c1-25(23)15-8-6-12(7-9-15)17(22)21-18-20-11-14(24-18)10-13-4-2-3-5-16(13)19/h2-9,11H,10H2,1H3,(H,20,21,22). The molecule has 1 unspecified atom stereocenters. The molecule has 0 aliphatic carbocycles. The molecule has 1 heterocycles. The predicted octanol–water partition coefficient (Wildman–Crippen LogP) is 4.38. The molecule has 0 aliphatic heterocycles. The Labute approximate surface area is 157 Å². The van der Waals surface area contributed by atoms with Crippen LogP contribution >= 0.6 is 22.9 Å². The van der Waals surface area contributed by atoms with E-state index >= 15 is 0 Å². The number of amides is 1. The molecule has 3 rings (SSSR count). The summed E-state index contributed by atoms with van der Waals surface area (Å²) >= 11 is 7.59. The molecule has 0 fully saturated rings. The third-order valence-corrected chi connectivity index (χ3v) is 5.76. The second-order valence-electron chi connectivity index (χ2n) is 5.33. The lowest BCUT2D eigenvalue weighted by atomic mass is 10.1. The number of hydrogen-bond acceptors (Lipinski definition) is 4. The van der Waals surface area contributed by atoms with Gasteiger partial charge in [-0.1, -0.05) is 29.8 Å². The maximum absolute atomic E-state index is 12.3. The van der Waals surface area contributed by atoms with Gasteiger partial charge in [0.05, 0.1) is 0 Å². The number of aromatic nitrogens is 1. The lowest BCUT2D eigenvalue weighted by Crippen LogP contribution is -2.11. The third kappa shape index (κ3) is 4.54. The molecule has 1 N–H and O–H groups in total. The molecule has 128 valence electrons. The highest BCUT2D eigenvalue weighted by molar-refractivity contribution is 7.84. The number of benzene rings is 2. The van der Waals surface area contributed by atoms with Crippen LogP contribution in [0.1, 0.15) is 20.8 Å². The van der Waals surface area contributed by atoms with Gasteiger partial charge in [0.25, 0.3) is 5.91 Å². The van der Waals surface area contributed by atoms with E-state index in [1.165, 1.54) is 11.3 Å². The Hall–Kier alpha value is -2.02. The van der Waals surface area contributed by atoms with E-state index in [4.69, 9.17) is 11.6 Å². The van der Waals surface area contributed by atoms with Gasteiger partial charge in [-0.25, -0.2) is 4.98 Å². The molecular weight excluding hydrogens is 376 g/mol. The molecule has 1 aromatic heterocycles. The number of anilines is 1. The maximum Gasteiger partial charge on any atom is 0.257 e. The number of carbonyl (C=O) groups is 1. The smallest absolute Gasteiger partial charge is 0.257 e. The predicted molar refractivity (Wildman–Crippen MR) is 103 cm³/mol. The fourth-order valence-corrected chi connectivity index (χ4v) is 3.80. The molecule has 1 amide bonds. The number of hydrogen-bond donors (Lipinski definition) is 1. The van der Waals surface area contributed by atoms with Crippen LogP contribution in [0.25, 0.3) is 0 Å². The second-order valence-corrected chi connectivity index (χ2v) is 8.23. The summed E-state index contributed by atoms with van der Waals surface area (Å²) in [5.41, 5.74) is 1.52. The van der Waals surface area contributed by atoms with E-state index in [0.717, 1.165) is 15.5 Å². The Morgan fingerprint density at radius 2 is 1.92 bits per heavy atom. The molecule has 7 heteroatoms. The Bertz CT molecular complexity index is 923. The molecule has 25 heavy (non-hydrogen) atoms. The Balaban J connectivity index is 1.67. The summed E-state index contributed by atoms with van der Waals surface area (Å²) in [5.74, 6) is -0.243. The lowest BCUT2D eigenvalue weighted by Gasteiger charge is -2.03. The summed E-state index contributed by atoms with van der Waals surface area (Å²) < 4.78 is 11.4. The van der Waals surface area contributed by atoms with Crippen LogP contribution < -0.4 is 5.32 Å². The molecule has 1 atom stereocenters. The van der Waals surface area contributed by atoms with Gasteiger partial charge < -0.3 is 0 Å². The minimum atomic E-state index is -1.06. The van der Waals surface area contributed by atoms with Crippen LogP contribution in [0.2, 0.25) is 5.02 Å². The largest absolute Gasteiger partial charge is 0.298 e. The zero-order valence-corrected chi connectivity index (χ0v) is 15.8. The minimum absolute atomic E-state index is 0.243. The van der Waals surface area contributed by atoms with Crippen molar-refractivity contribution in [3.8, 4) is 0 Å². The van der Waals surface area contributed by atoms with Crippen LogP contribution in [0.5, 0.6) is 0 Å². The van der Waals surface area contributed by atoms with Crippen LogP contribution in [-0.4, -0.2) is 21.4 Å². The highest BCUT2D eigenvalue weighted by Gasteiger charge is 2.11. The van der Waals surface area contributed by atoms with Gasteiger partial charge in [0.2, 0.25) is 0 Å². The van der Waals surface area contributed by atoms with Crippen LogP contribution in [-0.2, 0) is 17.2 Å². The first kappa shape index (κ1) is 17.8. The van der Waals surface area contributed by atoms with Crippen molar-refractivity contribution in [2.45, 2.75) is 11.3 Å². The normalized spacial score (nSPS) is 11.9. The molecule has 2 aromatic carbocycles. The van der Waals surface area contributed by atoms with E-state index < -0.39 is 10.8 Å². The van der Waals surface area contributed by atoms with E-state index in [2.05, 4.69) is 10.3 Å². The van der Waals surface area contributed by atoms with Crippen LogP contribution in [0.3, 0.4) is 0 Å². The Morgan fingerprint density at radius 1 is 1.20 bits per heavy atom. The van der Waals surface area contributed by atoms with E-state index in [-0.39, 0.29) is 5.91 Å². The van der Waals surface area contributed by atoms with Gasteiger partial charge in [0.1, 0.15) is 0 Å². The first-order valence-corrected chi connectivity index (χ1v) is 10.2. The van der Waals surface area contributed by atoms with Crippen molar-refractivity contribution in [1.29, 1.82) is 0 Å². The van der Waals surface area contributed by atoms with Crippen LogP contribution in [0, 0.1) is 0 Å². The number of thiazole rings is 1. The topological polar surface area (TPSA) is 59.1 Å². The average molecular weight is 391 g/mol. The summed E-state index contributed by atoms with van der Waals surface area (Å²) in [7, 11) is -1.06. The molecule has 0 spiro atoms. The molecular formula is C18H15ClN2O2S2. The highest BCUT2D eigenvalue weighted by Crippen LogP contribution is 2.25. The molecule has 0 bridgehead atoms. The first-order valence-electron chi connectivity index (χ1n) is 7.46.